The molecule has 158 valence electrons. The van der Waals surface area contributed by atoms with Crippen LogP contribution in [0.15, 0.2) is 79.6 Å². The summed E-state index contributed by atoms with van der Waals surface area (Å²) < 4.78 is 49.2. The molecule has 0 fully saturated rings. The number of hydrogen-bond donors (Lipinski definition) is 1. The number of rotatable bonds is 5. The van der Waals surface area contributed by atoms with Crippen LogP contribution in [-0.4, -0.2) is 26.6 Å². The standard InChI is InChI=1S/C22H18N2O6S/c1-14-5-2-3-6-16(14)23-21-22(24-20(30-21)18-7-4-10-27-18)31(25,26)15-8-9-17-19(13-15)29-12-11-28-17/h2-10,13,23H,11-12H2,1H3. The summed E-state index contributed by atoms with van der Waals surface area (Å²) in [4.78, 5) is 4.27. The Kier molecular flexibility index (Phi) is 4.67. The minimum Gasteiger partial charge on any atom is -0.486 e. The van der Waals surface area contributed by atoms with Crippen LogP contribution in [0.4, 0.5) is 11.6 Å². The molecule has 8 nitrogen and oxygen atoms in total. The summed E-state index contributed by atoms with van der Waals surface area (Å²) in [5.41, 5.74) is 1.62. The number of benzene rings is 2. The van der Waals surface area contributed by atoms with Crippen LogP contribution >= 0.6 is 0 Å². The zero-order valence-electron chi connectivity index (χ0n) is 16.5. The van der Waals surface area contributed by atoms with E-state index < -0.39 is 9.84 Å². The molecule has 0 unspecified atom stereocenters. The van der Waals surface area contributed by atoms with Crippen LogP contribution < -0.4 is 14.8 Å². The third-order valence-electron chi connectivity index (χ3n) is 4.80. The van der Waals surface area contributed by atoms with Crippen LogP contribution in [0.2, 0.25) is 0 Å². The minimum absolute atomic E-state index is 0.00408. The summed E-state index contributed by atoms with van der Waals surface area (Å²) in [6.07, 6.45) is 1.46. The number of fused-ring (bicyclic) bond motifs is 1. The van der Waals surface area contributed by atoms with Crippen LogP contribution in [0.5, 0.6) is 11.5 Å². The minimum atomic E-state index is -4.05. The van der Waals surface area contributed by atoms with Crippen molar-refractivity contribution in [3.05, 3.63) is 66.4 Å². The molecule has 0 bridgehead atoms. The molecule has 1 aliphatic rings. The number of aromatic nitrogens is 1. The Bertz CT molecular complexity index is 1340. The maximum absolute atomic E-state index is 13.5. The van der Waals surface area contributed by atoms with Gasteiger partial charge in [-0.15, -0.1) is 0 Å². The summed E-state index contributed by atoms with van der Waals surface area (Å²) in [6.45, 7) is 2.67. The normalized spacial score (nSPS) is 13.2. The third kappa shape index (κ3) is 3.53. The molecule has 9 heteroatoms. The van der Waals surface area contributed by atoms with Crippen molar-refractivity contribution < 1.29 is 26.7 Å². The molecule has 3 heterocycles. The maximum atomic E-state index is 13.5. The van der Waals surface area contributed by atoms with E-state index in [1.165, 1.54) is 18.4 Å². The number of anilines is 2. The zero-order chi connectivity index (χ0) is 21.4. The largest absolute Gasteiger partial charge is 0.486 e. The van der Waals surface area contributed by atoms with E-state index in [-0.39, 0.29) is 21.7 Å². The highest BCUT2D eigenvalue weighted by molar-refractivity contribution is 7.91. The van der Waals surface area contributed by atoms with Crippen molar-refractivity contribution in [3.63, 3.8) is 0 Å². The molecule has 0 aliphatic carbocycles. The number of ether oxygens (including phenoxy) is 2. The number of aryl methyl sites for hydroxylation is 1. The summed E-state index contributed by atoms with van der Waals surface area (Å²) in [5, 5.41) is 2.80. The van der Waals surface area contributed by atoms with Gasteiger partial charge >= 0.3 is 0 Å². The Labute approximate surface area is 178 Å². The Hall–Kier alpha value is -3.72. The van der Waals surface area contributed by atoms with Gasteiger partial charge in [0, 0.05) is 11.8 Å². The lowest BCUT2D eigenvalue weighted by atomic mass is 10.2. The van der Waals surface area contributed by atoms with Gasteiger partial charge in [-0.3, -0.25) is 0 Å². The van der Waals surface area contributed by atoms with Gasteiger partial charge in [0.25, 0.3) is 5.89 Å². The Morgan fingerprint density at radius 2 is 1.77 bits per heavy atom. The first-order valence-electron chi connectivity index (χ1n) is 9.54. The molecule has 1 aliphatic heterocycles. The van der Waals surface area contributed by atoms with E-state index >= 15 is 0 Å². The van der Waals surface area contributed by atoms with E-state index in [2.05, 4.69) is 10.3 Å². The van der Waals surface area contributed by atoms with Crippen LogP contribution in [0.25, 0.3) is 11.7 Å². The topological polar surface area (TPSA) is 104 Å². The maximum Gasteiger partial charge on any atom is 0.266 e. The Morgan fingerprint density at radius 3 is 2.55 bits per heavy atom. The molecule has 0 saturated carbocycles. The number of sulfone groups is 1. The first-order valence-corrected chi connectivity index (χ1v) is 11.0. The lowest BCUT2D eigenvalue weighted by Gasteiger charge is -2.18. The van der Waals surface area contributed by atoms with E-state index in [1.807, 2.05) is 31.2 Å². The first kappa shape index (κ1) is 19.3. The number of furan rings is 1. The van der Waals surface area contributed by atoms with Crippen molar-refractivity contribution in [3.8, 4) is 23.1 Å². The number of oxazole rings is 1. The number of nitrogens with zero attached hydrogens (tertiary/aromatic N) is 1. The van der Waals surface area contributed by atoms with Gasteiger partial charge in [0.05, 0.1) is 11.2 Å². The molecule has 0 amide bonds. The summed E-state index contributed by atoms with van der Waals surface area (Å²) in [5.74, 6) is 1.24. The monoisotopic (exact) mass is 438 g/mol. The van der Waals surface area contributed by atoms with Crippen molar-refractivity contribution in [2.75, 3.05) is 18.5 Å². The molecule has 0 atom stereocenters. The van der Waals surface area contributed by atoms with Gasteiger partial charge in [-0.1, -0.05) is 18.2 Å². The van der Waals surface area contributed by atoms with Crippen molar-refractivity contribution in [1.29, 1.82) is 0 Å². The van der Waals surface area contributed by atoms with Gasteiger partial charge < -0.3 is 23.6 Å². The van der Waals surface area contributed by atoms with Gasteiger partial charge in [-0.05, 0) is 42.8 Å². The van der Waals surface area contributed by atoms with Crippen molar-refractivity contribution in [1.82, 2.24) is 4.98 Å². The van der Waals surface area contributed by atoms with Crippen LogP contribution in [0, 0.1) is 6.92 Å². The fourth-order valence-corrected chi connectivity index (χ4v) is 4.48. The van der Waals surface area contributed by atoms with Crippen LogP contribution in [-0.2, 0) is 9.84 Å². The molecule has 5 rings (SSSR count). The highest BCUT2D eigenvalue weighted by Gasteiger charge is 2.31. The van der Waals surface area contributed by atoms with Crippen molar-refractivity contribution in [2.24, 2.45) is 0 Å². The summed E-state index contributed by atoms with van der Waals surface area (Å²) >= 11 is 0. The van der Waals surface area contributed by atoms with E-state index in [0.29, 0.717) is 36.2 Å². The second-order valence-corrected chi connectivity index (χ2v) is 8.74. The second kappa shape index (κ2) is 7.51. The van der Waals surface area contributed by atoms with Gasteiger partial charge in [0.1, 0.15) is 13.2 Å². The highest BCUT2D eigenvalue weighted by Crippen LogP contribution is 2.38. The van der Waals surface area contributed by atoms with E-state index in [1.54, 1.807) is 18.2 Å². The van der Waals surface area contributed by atoms with Gasteiger partial charge in [-0.25, -0.2) is 8.42 Å². The van der Waals surface area contributed by atoms with Crippen LogP contribution in [0.3, 0.4) is 0 Å². The molecular formula is C22H18N2O6S. The number of nitrogens with one attached hydrogen (secondary N) is 1. The number of para-hydroxylation sites is 1. The van der Waals surface area contributed by atoms with Gasteiger partial charge in [0.15, 0.2) is 17.3 Å². The van der Waals surface area contributed by atoms with E-state index in [0.717, 1.165) is 5.56 Å². The van der Waals surface area contributed by atoms with Crippen molar-refractivity contribution in [2.45, 2.75) is 16.8 Å². The molecule has 4 aromatic rings. The quantitative estimate of drug-likeness (QED) is 0.482. The predicted octanol–water partition coefficient (Wildman–Crippen LogP) is 4.59. The molecule has 2 aromatic carbocycles. The molecule has 0 saturated heterocycles. The predicted molar refractivity (Wildman–Crippen MR) is 112 cm³/mol. The third-order valence-corrected chi connectivity index (χ3v) is 6.46. The van der Waals surface area contributed by atoms with E-state index in [4.69, 9.17) is 18.3 Å². The fourth-order valence-electron chi connectivity index (χ4n) is 3.21. The fraction of sp³-hybridized carbons (Fsp3) is 0.136. The lowest BCUT2D eigenvalue weighted by molar-refractivity contribution is 0.171. The molecule has 0 spiro atoms. The molecule has 0 radical (unpaired) electrons. The SMILES string of the molecule is Cc1ccccc1Nc1oc(-c2ccco2)nc1S(=O)(=O)c1ccc2c(c1)OCCO2. The summed E-state index contributed by atoms with van der Waals surface area (Å²) in [7, 11) is -4.05. The van der Waals surface area contributed by atoms with E-state index in [9.17, 15) is 8.42 Å². The lowest BCUT2D eigenvalue weighted by Crippen LogP contribution is -2.16. The highest BCUT2D eigenvalue weighted by atomic mass is 32.2. The average Bonchev–Trinajstić information content (AvgIpc) is 3.45. The van der Waals surface area contributed by atoms with Gasteiger partial charge in [0.2, 0.25) is 20.7 Å². The smallest absolute Gasteiger partial charge is 0.266 e. The Balaban J connectivity index is 1.62. The van der Waals surface area contributed by atoms with Gasteiger partial charge in [-0.2, -0.15) is 4.98 Å². The average molecular weight is 438 g/mol. The number of hydrogen-bond acceptors (Lipinski definition) is 8. The molecule has 1 N–H and O–H groups in total. The molecule has 2 aromatic heterocycles. The summed E-state index contributed by atoms with van der Waals surface area (Å²) in [6, 6.07) is 15.2. The molecule has 31 heavy (non-hydrogen) atoms. The van der Waals surface area contributed by atoms with Crippen molar-refractivity contribution >= 4 is 21.4 Å². The first-order chi connectivity index (χ1) is 15.0. The zero-order valence-corrected chi connectivity index (χ0v) is 17.3. The second-order valence-electron chi connectivity index (χ2n) is 6.88. The van der Waals surface area contributed by atoms with Crippen LogP contribution in [0.1, 0.15) is 5.56 Å². The molecular weight excluding hydrogens is 420 g/mol. The Morgan fingerprint density at radius 1 is 0.968 bits per heavy atom.